The Bertz CT molecular complexity index is 307. The normalized spacial score (nSPS) is 11.8. The number of rotatable bonds is 9. The van der Waals surface area contributed by atoms with Crippen molar-refractivity contribution in [2.24, 2.45) is 0 Å². The first kappa shape index (κ1) is 13.5. The average molecular weight is 232 g/mol. The molecule has 2 nitrogen and oxygen atoms in total. The molecule has 0 aromatic heterocycles. The van der Waals surface area contributed by atoms with Crippen molar-refractivity contribution in [2.75, 3.05) is 13.2 Å². The van der Waals surface area contributed by atoms with E-state index in [0.717, 1.165) is 18.6 Å². The van der Waals surface area contributed by atoms with E-state index < -0.39 is 0 Å². The van der Waals surface area contributed by atoms with E-state index in [4.69, 9.17) is 9.47 Å². The van der Waals surface area contributed by atoms with Gasteiger partial charge in [0.1, 0.15) is 12.4 Å². The molecule has 0 saturated carbocycles. The van der Waals surface area contributed by atoms with Gasteiger partial charge in [-0.3, -0.25) is 0 Å². The van der Waals surface area contributed by atoms with Crippen LogP contribution in [0.15, 0.2) is 55.6 Å². The lowest BCUT2D eigenvalue weighted by Gasteiger charge is -2.17. The predicted octanol–water partition coefficient (Wildman–Crippen LogP) is 3.60. The Kier molecular flexibility index (Phi) is 6.84. The Morgan fingerprint density at radius 3 is 2.53 bits per heavy atom. The molecule has 0 aliphatic heterocycles. The molecule has 0 amide bonds. The second kappa shape index (κ2) is 8.59. The fourth-order valence-electron chi connectivity index (χ4n) is 1.43. The number of para-hydroxylation sites is 1. The highest BCUT2D eigenvalue weighted by Crippen LogP contribution is 2.11. The summed E-state index contributed by atoms with van der Waals surface area (Å²) in [6, 6.07) is 9.77. The third-order valence-corrected chi connectivity index (χ3v) is 2.32. The largest absolute Gasteiger partial charge is 0.491 e. The molecule has 0 spiro atoms. The molecule has 1 unspecified atom stereocenters. The van der Waals surface area contributed by atoms with Crippen molar-refractivity contribution < 1.29 is 9.47 Å². The lowest BCUT2D eigenvalue weighted by molar-refractivity contribution is 0.0318. The van der Waals surface area contributed by atoms with Gasteiger partial charge >= 0.3 is 0 Å². The predicted molar refractivity (Wildman–Crippen MR) is 71.3 cm³/mol. The van der Waals surface area contributed by atoms with Crippen LogP contribution in [-0.2, 0) is 4.74 Å². The zero-order chi connectivity index (χ0) is 12.3. The first-order valence-corrected chi connectivity index (χ1v) is 5.88. The maximum absolute atomic E-state index is 5.67. The minimum absolute atomic E-state index is 0.0891. The summed E-state index contributed by atoms with van der Waals surface area (Å²) >= 11 is 0. The number of benzene rings is 1. The molecule has 0 aliphatic carbocycles. The minimum atomic E-state index is 0.0891. The lowest BCUT2D eigenvalue weighted by atomic mass is 10.2. The molecule has 0 aliphatic rings. The Morgan fingerprint density at radius 2 is 1.88 bits per heavy atom. The fourth-order valence-corrected chi connectivity index (χ4v) is 1.43. The summed E-state index contributed by atoms with van der Waals surface area (Å²) in [4.78, 5) is 0. The lowest BCUT2D eigenvalue weighted by Crippen LogP contribution is -2.21. The monoisotopic (exact) mass is 232 g/mol. The molecule has 0 bridgehead atoms. The van der Waals surface area contributed by atoms with Crippen molar-refractivity contribution in [3.8, 4) is 5.75 Å². The number of hydrogen-bond donors (Lipinski definition) is 0. The standard InChI is InChI=1S/C15H20O2/c1-3-5-9-15(16-12-4-2)13-17-14-10-7-6-8-11-14/h3-4,6-8,10-11,15H,1-2,5,9,12-13H2. The Hall–Kier alpha value is -1.54. The number of allylic oxidation sites excluding steroid dienone is 1. The molecule has 1 rings (SSSR count). The van der Waals surface area contributed by atoms with Crippen molar-refractivity contribution in [1.29, 1.82) is 0 Å². The second-order valence-corrected chi connectivity index (χ2v) is 3.73. The van der Waals surface area contributed by atoms with Crippen LogP contribution in [0.25, 0.3) is 0 Å². The highest BCUT2D eigenvalue weighted by molar-refractivity contribution is 5.20. The molecule has 1 aromatic rings. The van der Waals surface area contributed by atoms with Crippen molar-refractivity contribution in [3.05, 3.63) is 55.6 Å². The zero-order valence-corrected chi connectivity index (χ0v) is 10.2. The van der Waals surface area contributed by atoms with Crippen LogP contribution < -0.4 is 4.74 Å². The van der Waals surface area contributed by atoms with Crippen molar-refractivity contribution in [3.63, 3.8) is 0 Å². The van der Waals surface area contributed by atoms with E-state index in [-0.39, 0.29) is 6.10 Å². The SMILES string of the molecule is C=CCCC(COc1ccccc1)OCC=C. The number of ether oxygens (including phenoxy) is 2. The van der Waals surface area contributed by atoms with E-state index in [9.17, 15) is 0 Å². The van der Waals surface area contributed by atoms with Crippen LogP contribution in [0, 0.1) is 0 Å². The molecule has 0 fully saturated rings. The average Bonchev–Trinajstić information content (AvgIpc) is 2.39. The van der Waals surface area contributed by atoms with Gasteiger partial charge in [0.2, 0.25) is 0 Å². The van der Waals surface area contributed by atoms with Gasteiger partial charge in [0, 0.05) is 0 Å². The van der Waals surface area contributed by atoms with Gasteiger partial charge < -0.3 is 9.47 Å². The van der Waals surface area contributed by atoms with Gasteiger partial charge in [0.25, 0.3) is 0 Å². The first-order chi connectivity index (χ1) is 8.36. The molecule has 0 N–H and O–H groups in total. The molecule has 0 radical (unpaired) electrons. The van der Waals surface area contributed by atoms with Gasteiger partial charge in [-0.15, -0.1) is 13.2 Å². The van der Waals surface area contributed by atoms with Crippen LogP contribution in [-0.4, -0.2) is 19.3 Å². The Morgan fingerprint density at radius 1 is 1.12 bits per heavy atom. The zero-order valence-electron chi connectivity index (χ0n) is 10.2. The Balaban J connectivity index is 2.36. The summed E-state index contributed by atoms with van der Waals surface area (Å²) in [7, 11) is 0. The summed E-state index contributed by atoms with van der Waals surface area (Å²) in [5.41, 5.74) is 0. The van der Waals surface area contributed by atoms with E-state index in [1.165, 1.54) is 0 Å². The van der Waals surface area contributed by atoms with Crippen LogP contribution in [0.1, 0.15) is 12.8 Å². The van der Waals surface area contributed by atoms with Crippen LogP contribution in [0.3, 0.4) is 0 Å². The molecule has 0 heterocycles. The smallest absolute Gasteiger partial charge is 0.119 e. The van der Waals surface area contributed by atoms with Gasteiger partial charge in [0.05, 0.1) is 12.7 Å². The third-order valence-electron chi connectivity index (χ3n) is 2.32. The summed E-state index contributed by atoms with van der Waals surface area (Å²) in [5.74, 6) is 0.873. The summed E-state index contributed by atoms with van der Waals surface area (Å²) < 4.78 is 11.3. The second-order valence-electron chi connectivity index (χ2n) is 3.73. The van der Waals surface area contributed by atoms with Crippen LogP contribution >= 0.6 is 0 Å². The molecule has 1 atom stereocenters. The molecule has 92 valence electrons. The van der Waals surface area contributed by atoms with E-state index in [1.54, 1.807) is 6.08 Å². The van der Waals surface area contributed by atoms with Gasteiger partial charge in [-0.1, -0.05) is 30.4 Å². The highest BCUT2D eigenvalue weighted by Gasteiger charge is 2.08. The summed E-state index contributed by atoms with van der Waals surface area (Å²) in [6.45, 7) is 8.48. The van der Waals surface area contributed by atoms with Crippen molar-refractivity contribution >= 4 is 0 Å². The maximum atomic E-state index is 5.67. The maximum Gasteiger partial charge on any atom is 0.119 e. The molecular formula is C15H20O2. The van der Waals surface area contributed by atoms with Gasteiger partial charge in [-0.2, -0.15) is 0 Å². The first-order valence-electron chi connectivity index (χ1n) is 5.88. The molecule has 2 heteroatoms. The van der Waals surface area contributed by atoms with Crippen LogP contribution in [0.4, 0.5) is 0 Å². The molecule has 0 saturated heterocycles. The van der Waals surface area contributed by atoms with Gasteiger partial charge in [0.15, 0.2) is 0 Å². The van der Waals surface area contributed by atoms with E-state index in [0.29, 0.717) is 13.2 Å². The van der Waals surface area contributed by atoms with Crippen molar-refractivity contribution in [2.45, 2.75) is 18.9 Å². The van der Waals surface area contributed by atoms with Crippen molar-refractivity contribution in [1.82, 2.24) is 0 Å². The molecule has 17 heavy (non-hydrogen) atoms. The Labute approximate surface area is 104 Å². The van der Waals surface area contributed by atoms with Crippen LogP contribution in [0.5, 0.6) is 5.75 Å². The molecule has 1 aromatic carbocycles. The van der Waals surface area contributed by atoms with E-state index in [1.807, 2.05) is 36.4 Å². The molecular weight excluding hydrogens is 212 g/mol. The van der Waals surface area contributed by atoms with E-state index >= 15 is 0 Å². The van der Waals surface area contributed by atoms with Gasteiger partial charge in [-0.25, -0.2) is 0 Å². The topological polar surface area (TPSA) is 18.5 Å². The quantitative estimate of drug-likeness (QED) is 0.606. The fraction of sp³-hybridized carbons (Fsp3) is 0.333. The van der Waals surface area contributed by atoms with Gasteiger partial charge in [-0.05, 0) is 25.0 Å². The number of hydrogen-bond acceptors (Lipinski definition) is 2. The minimum Gasteiger partial charge on any atom is -0.491 e. The summed E-state index contributed by atoms with van der Waals surface area (Å²) in [6.07, 6.45) is 5.59. The summed E-state index contributed by atoms with van der Waals surface area (Å²) in [5, 5.41) is 0. The highest BCUT2D eigenvalue weighted by atomic mass is 16.5. The van der Waals surface area contributed by atoms with Crippen LogP contribution in [0.2, 0.25) is 0 Å². The third kappa shape index (κ3) is 5.93. The van der Waals surface area contributed by atoms with E-state index in [2.05, 4.69) is 13.2 Å².